The Labute approximate surface area is 128 Å². The molecule has 0 spiro atoms. The molecule has 1 aliphatic heterocycles. The van der Waals surface area contributed by atoms with E-state index in [1.165, 1.54) is 11.1 Å². The van der Waals surface area contributed by atoms with Gasteiger partial charge in [0.25, 0.3) is 11.8 Å². The molecule has 0 unspecified atom stereocenters. The molecule has 22 heavy (non-hydrogen) atoms. The van der Waals surface area contributed by atoms with Gasteiger partial charge in [0.15, 0.2) is 0 Å². The van der Waals surface area contributed by atoms with E-state index in [2.05, 4.69) is 5.43 Å². The van der Waals surface area contributed by atoms with Gasteiger partial charge in [-0.1, -0.05) is 60.7 Å². The van der Waals surface area contributed by atoms with E-state index < -0.39 is 5.91 Å². The van der Waals surface area contributed by atoms with Crippen LogP contribution >= 0.6 is 0 Å². The van der Waals surface area contributed by atoms with Gasteiger partial charge in [-0.2, -0.15) is 0 Å². The van der Waals surface area contributed by atoms with Crippen molar-refractivity contribution in [3.05, 3.63) is 84.0 Å². The minimum absolute atomic E-state index is 0.121. The SMILES string of the molecule is O=C1NN(c2ccccc2)C(=O)/C1=C/C=C/c1ccccc1. The van der Waals surface area contributed by atoms with Gasteiger partial charge in [-0.15, -0.1) is 0 Å². The highest BCUT2D eigenvalue weighted by Crippen LogP contribution is 2.19. The third-order valence-corrected chi connectivity index (χ3v) is 3.26. The monoisotopic (exact) mass is 290 g/mol. The Balaban J connectivity index is 1.80. The van der Waals surface area contributed by atoms with Crippen LogP contribution in [0.15, 0.2) is 78.4 Å². The average Bonchev–Trinajstić information content (AvgIpc) is 2.85. The number of amides is 2. The lowest BCUT2D eigenvalue weighted by Crippen LogP contribution is -2.35. The highest BCUT2D eigenvalue weighted by Gasteiger charge is 2.33. The second-order valence-corrected chi connectivity index (χ2v) is 4.77. The maximum Gasteiger partial charge on any atom is 0.282 e. The van der Waals surface area contributed by atoms with Crippen molar-refractivity contribution in [2.45, 2.75) is 0 Å². The Kier molecular flexibility index (Phi) is 3.83. The summed E-state index contributed by atoms with van der Waals surface area (Å²) in [5.74, 6) is -0.750. The van der Waals surface area contributed by atoms with Crippen molar-refractivity contribution in [3.63, 3.8) is 0 Å². The molecule has 108 valence electrons. The number of carbonyl (C=O) groups is 2. The van der Waals surface area contributed by atoms with Crippen LogP contribution in [0.25, 0.3) is 6.08 Å². The summed E-state index contributed by atoms with van der Waals surface area (Å²) >= 11 is 0. The number of nitrogens with one attached hydrogen (secondary N) is 1. The van der Waals surface area contributed by atoms with E-state index in [4.69, 9.17) is 0 Å². The van der Waals surface area contributed by atoms with Gasteiger partial charge >= 0.3 is 0 Å². The van der Waals surface area contributed by atoms with Crippen LogP contribution in [-0.4, -0.2) is 11.8 Å². The maximum atomic E-state index is 12.3. The molecule has 2 amide bonds. The Morgan fingerprint density at radius 3 is 2.18 bits per heavy atom. The Morgan fingerprint density at radius 1 is 0.864 bits per heavy atom. The normalized spacial score (nSPS) is 16.5. The van der Waals surface area contributed by atoms with E-state index >= 15 is 0 Å². The summed E-state index contributed by atoms with van der Waals surface area (Å²) in [7, 11) is 0. The zero-order valence-electron chi connectivity index (χ0n) is 11.8. The molecular formula is C18H14N2O2. The molecule has 3 rings (SSSR count). The minimum atomic E-state index is -0.397. The largest absolute Gasteiger partial charge is 0.282 e. The summed E-state index contributed by atoms with van der Waals surface area (Å²) in [4.78, 5) is 24.2. The van der Waals surface area contributed by atoms with Crippen molar-refractivity contribution >= 4 is 23.6 Å². The fourth-order valence-electron chi connectivity index (χ4n) is 2.16. The second-order valence-electron chi connectivity index (χ2n) is 4.77. The molecule has 0 atom stereocenters. The number of hydrogen-bond acceptors (Lipinski definition) is 2. The number of allylic oxidation sites excluding steroid dienone is 2. The summed E-state index contributed by atoms with van der Waals surface area (Å²) in [5, 5.41) is 1.25. The van der Waals surface area contributed by atoms with Crippen molar-refractivity contribution in [2.24, 2.45) is 0 Å². The minimum Gasteiger partial charge on any atom is -0.267 e. The van der Waals surface area contributed by atoms with Crippen LogP contribution in [0, 0.1) is 0 Å². The molecule has 4 nitrogen and oxygen atoms in total. The number of rotatable bonds is 3. The molecule has 0 radical (unpaired) electrons. The molecule has 4 heteroatoms. The molecular weight excluding hydrogens is 276 g/mol. The number of hydrazine groups is 1. The molecule has 0 aromatic heterocycles. The Hall–Kier alpha value is -3.14. The first-order valence-electron chi connectivity index (χ1n) is 6.89. The van der Waals surface area contributed by atoms with E-state index in [0.29, 0.717) is 5.69 Å². The third kappa shape index (κ3) is 2.81. The standard InChI is InChI=1S/C18H14N2O2/c21-17-16(13-7-10-14-8-3-1-4-9-14)18(22)20(19-17)15-11-5-2-6-12-15/h1-13H,(H,19,21)/b10-7+,16-13+. The fourth-order valence-corrected chi connectivity index (χ4v) is 2.16. The Morgan fingerprint density at radius 2 is 1.50 bits per heavy atom. The van der Waals surface area contributed by atoms with Gasteiger partial charge < -0.3 is 0 Å². The molecule has 2 aromatic carbocycles. The predicted octanol–water partition coefficient (Wildman–Crippen LogP) is 2.70. The zero-order valence-corrected chi connectivity index (χ0v) is 11.8. The molecule has 1 N–H and O–H groups in total. The molecule has 0 saturated carbocycles. The van der Waals surface area contributed by atoms with Gasteiger partial charge in [-0.05, 0) is 23.8 Å². The average molecular weight is 290 g/mol. The number of carbonyl (C=O) groups excluding carboxylic acids is 2. The first-order valence-corrected chi connectivity index (χ1v) is 6.89. The van der Waals surface area contributed by atoms with Crippen LogP contribution in [0.2, 0.25) is 0 Å². The molecule has 1 saturated heterocycles. The topological polar surface area (TPSA) is 49.4 Å². The molecule has 1 fully saturated rings. The first-order chi connectivity index (χ1) is 10.8. The van der Waals surface area contributed by atoms with Gasteiger partial charge in [0.05, 0.1) is 5.69 Å². The summed E-state index contributed by atoms with van der Waals surface area (Å²) in [5.41, 5.74) is 4.32. The lowest BCUT2D eigenvalue weighted by molar-refractivity contribution is -0.117. The van der Waals surface area contributed by atoms with E-state index in [1.54, 1.807) is 18.2 Å². The number of hydrogen-bond donors (Lipinski definition) is 1. The molecule has 2 aromatic rings. The van der Waals surface area contributed by atoms with Crippen molar-refractivity contribution in [1.29, 1.82) is 0 Å². The number of anilines is 1. The van der Waals surface area contributed by atoms with Crippen molar-refractivity contribution < 1.29 is 9.59 Å². The van der Waals surface area contributed by atoms with Crippen LogP contribution in [0.4, 0.5) is 5.69 Å². The third-order valence-electron chi connectivity index (χ3n) is 3.26. The van der Waals surface area contributed by atoms with Crippen LogP contribution in [0.3, 0.4) is 0 Å². The van der Waals surface area contributed by atoms with Gasteiger partial charge in [-0.25, -0.2) is 5.01 Å². The quantitative estimate of drug-likeness (QED) is 0.698. The van der Waals surface area contributed by atoms with Crippen molar-refractivity contribution in [3.8, 4) is 0 Å². The summed E-state index contributed by atoms with van der Waals surface area (Å²) in [6.07, 6.45) is 5.09. The van der Waals surface area contributed by atoms with Crippen LogP contribution in [0.5, 0.6) is 0 Å². The van der Waals surface area contributed by atoms with Gasteiger partial charge in [0, 0.05) is 0 Å². The van der Waals surface area contributed by atoms with Crippen LogP contribution in [0.1, 0.15) is 5.56 Å². The molecule has 0 aliphatic carbocycles. The fraction of sp³-hybridized carbons (Fsp3) is 0. The summed E-state index contributed by atoms with van der Waals surface area (Å²) in [6, 6.07) is 18.7. The van der Waals surface area contributed by atoms with Crippen LogP contribution < -0.4 is 10.4 Å². The van der Waals surface area contributed by atoms with E-state index in [0.717, 1.165) is 5.56 Å². The number of nitrogens with zero attached hydrogens (tertiary/aromatic N) is 1. The zero-order chi connectivity index (χ0) is 15.4. The summed E-state index contributed by atoms with van der Waals surface area (Å²) in [6.45, 7) is 0. The second kappa shape index (κ2) is 6.10. The van der Waals surface area contributed by atoms with E-state index in [9.17, 15) is 9.59 Å². The number of benzene rings is 2. The molecule has 1 aliphatic rings. The van der Waals surface area contributed by atoms with E-state index in [1.807, 2.05) is 54.6 Å². The van der Waals surface area contributed by atoms with E-state index in [-0.39, 0.29) is 11.5 Å². The van der Waals surface area contributed by atoms with Crippen LogP contribution in [-0.2, 0) is 9.59 Å². The smallest absolute Gasteiger partial charge is 0.267 e. The molecule has 1 heterocycles. The lowest BCUT2D eigenvalue weighted by atomic mass is 10.2. The maximum absolute atomic E-state index is 12.3. The van der Waals surface area contributed by atoms with Crippen molar-refractivity contribution in [2.75, 3.05) is 5.01 Å². The summed E-state index contributed by atoms with van der Waals surface area (Å²) < 4.78 is 0. The van der Waals surface area contributed by atoms with Crippen molar-refractivity contribution in [1.82, 2.24) is 5.43 Å². The van der Waals surface area contributed by atoms with Gasteiger partial charge in [0.1, 0.15) is 5.57 Å². The lowest BCUT2D eigenvalue weighted by Gasteiger charge is -2.13. The van der Waals surface area contributed by atoms with Gasteiger partial charge in [0.2, 0.25) is 0 Å². The number of para-hydroxylation sites is 1. The first kappa shape index (κ1) is 13.8. The highest BCUT2D eigenvalue weighted by molar-refractivity contribution is 6.29. The Bertz CT molecular complexity index is 749. The molecule has 0 bridgehead atoms. The highest BCUT2D eigenvalue weighted by atomic mass is 16.2. The van der Waals surface area contributed by atoms with Gasteiger partial charge in [-0.3, -0.25) is 15.0 Å². The predicted molar refractivity (Wildman–Crippen MR) is 85.6 cm³/mol.